The molecule has 0 fully saturated rings. The topological polar surface area (TPSA) is 46.2 Å². The van der Waals surface area contributed by atoms with Gasteiger partial charge in [0.1, 0.15) is 0 Å². The molecule has 20 heavy (non-hydrogen) atoms. The molecule has 0 aliphatic carbocycles. The van der Waals surface area contributed by atoms with Crippen molar-refractivity contribution in [2.45, 2.75) is 25.2 Å². The predicted octanol–water partition coefficient (Wildman–Crippen LogP) is 3.49. The van der Waals surface area contributed by atoms with Crippen molar-refractivity contribution in [2.24, 2.45) is 5.73 Å². The largest absolute Gasteiger partial charge is 0.416 e. The summed E-state index contributed by atoms with van der Waals surface area (Å²) in [7, 11) is 0. The zero-order chi connectivity index (χ0) is 14.2. The van der Waals surface area contributed by atoms with E-state index in [1.54, 1.807) is 18.2 Å². The van der Waals surface area contributed by atoms with Crippen LogP contribution in [0.3, 0.4) is 0 Å². The molecule has 0 bridgehead atoms. The predicted molar refractivity (Wildman–Crippen MR) is 74.9 cm³/mol. The van der Waals surface area contributed by atoms with E-state index < -0.39 is 18.3 Å². The van der Waals surface area contributed by atoms with Crippen LogP contribution < -0.4 is 5.73 Å². The Morgan fingerprint density at radius 2 is 1.60 bits per heavy atom. The Morgan fingerprint density at radius 1 is 1.05 bits per heavy atom. The molecule has 2 rings (SSSR count). The third-order valence-electron chi connectivity index (χ3n) is 3.21. The zero-order valence-electron chi connectivity index (χ0n) is 10.7. The maximum absolute atomic E-state index is 12.5. The number of benzene rings is 2. The van der Waals surface area contributed by atoms with Gasteiger partial charge in [-0.3, -0.25) is 0 Å². The molecule has 3 N–H and O–H groups in total. The first-order valence-electron chi connectivity index (χ1n) is 5.81. The van der Waals surface area contributed by atoms with Crippen molar-refractivity contribution in [3.8, 4) is 0 Å². The Kier molecular flexibility index (Phi) is 5.02. The van der Waals surface area contributed by atoms with Crippen LogP contribution in [0.5, 0.6) is 0 Å². The van der Waals surface area contributed by atoms with E-state index in [0.717, 1.165) is 10.9 Å². The average molecular weight is 306 g/mol. The highest BCUT2D eigenvalue weighted by atomic mass is 35.5. The summed E-state index contributed by atoms with van der Waals surface area (Å²) in [6.07, 6.45) is -7.30. The van der Waals surface area contributed by atoms with Crippen molar-refractivity contribution in [2.75, 3.05) is 0 Å². The summed E-state index contributed by atoms with van der Waals surface area (Å²) in [6.45, 7) is 1.87. The molecule has 0 amide bonds. The van der Waals surface area contributed by atoms with E-state index >= 15 is 0 Å². The van der Waals surface area contributed by atoms with Gasteiger partial charge < -0.3 is 10.8 Å². The summed E-state index contributed by atoms with van der Waals surface area (Å²) in [5, 5.41) is 10.8. The Labute approximate surface area is 120 Å². The van der Waals surface area contributed by atoms with Gasteiger partial charge in [0.05, 0.1) is 6.04 Å². The van der Waals surface area contributed by atoms with Crippen LogP contribution in [0.4, 0.5) is 13.2 Å². The monoisotopic (exact) mass is 305 g/mol. The summed E-state index contributed by atoms with van der Waals surface area (Å²) in [5.41, 5.74) is 6.82. The summed E-state index contributed by atoms with van der Waals surface area (Å²) in [6, 6.07) is 8.83. The molecule has 2 aromatic carbocycles. The van der Waals surface area contributed by atoms with E-state index in [1.807, 2.05) is 19.1 Å². The third-order valence-corrected chi connectivity index (χ3v) is 3.21. The van der Waals surface area contributed by atoms with Gasteiger partial charge in [0.25, 0.3) is 0 Å². The second kappa shape index (κ2) is 5.99. The maximum Gasteiger partial charge on any atom is 0.416 e. The molecule has 0 saturated carbocycles. The summed E-state index contributed by atoms with van der Waals surface area (Å²) in [4.78, 5) is 0. The van der Waals surface area contributed by atoms with E-state index in [0.29, 0.717) is 10.9 Å². The first kappa shape index (κ1) is 16.8. The lowest BCUT2D eigenvalue weighted by Crippen LogP contribution is -2.38. The number of nitrogens with two attached hydrogens (primary N) is 1. The molecular formula is C14H15ClF3NO. The van der Waals surface area contributed by atoms with E-state index in [2.05, 4.69) is 0 Å². The Hall–Kier alpha value is -1.30. The van der Waals surface area contributed by atoms with Crippen LogP contribution in [0.2, 0.25) is 0 Å². The molecule has 0 heterocycles. The fraction of sp³-hybridized carbons (Fsp3) is 0.286. The molecule has 2 atom stereocenters. The van der Waals surface area contributed by atoms with Gasteiger partial charge in [0.15, 0.2) is 6.10 Å². The van der Waals surface area contributed by atoms with Crippen molar-refractivity contribution in [1.82, 2.24) is 0 Å². The van der Waals surface area contributed by atoms with Crippen LogP contribution in [-0.4, -0.2) is 17.4 Å². The minimum Gasteiger partial charge on any atom is -0.382 e. The van der Waals surface area contributed by atoms with Crippen LogP contribution in [0, 0.1) is 6.92 Å². The molecule has 2 nitrogen and oxygen atoms in total. The fourth-order valence-electron chi connectivity index (χ4n) is 2.14. The summed E-state index contributed by atoms with van der Waals surface area (Å²) >= 11 is 0. The highest BCUT2D eigenvalue weighted by Gasteiger charge is 2.43. The minimum atomic E-state index is -4.73. The highest BCUT2D eigenvalue weighted by molar-refractivity contribution is 5.89. The van der Waals surface area contributed by atoms with Crippen LogP contribution in [-0.2, 0) is 0 Å². The Balaban J connectivity index is 0.00000200. The highest BCUT2D eigenvalue weighted by Crippen LogP contribution is 2.33. The third kappa shape index (κ3) is 3.06. The second-order valence-corrected chi connectivity index (χ2v) is 4.53. The van der Waals surface area contributed by atoms with Crippen molar-refractivity contribution in [3.05, 3.63) is 47.5 Å². The first-order chi connectivity index (χ1) is 8.82. The first-order valence-corrected chi connectivity index (χ1v) is 5.81. The normalized spacial score (nSPS) is 14.7. The molecule has 0 spiro atoms. The Morgan fingerprint density at radius 3 is 2.15 bits per heavy atom. The molecule has 0 aliphatic heterocycles. The number of fused-ring (bicyclic) bond motifs is 1. The number of halogens is 4. The molecular weight excluding hydrogens is 291 g/mol. The molecule has 0 aromatic heterocycles. The van der Waals surface area contributed by atoms with Crippen molar-refractivity contribution >= 4 is 23.2 Å². The van der Waals surface area contributed by atoms with E-state index in [4.69, 9.17) is 5.73 Å². The van der Waals surface area contributed by atoms with Gasteiger partial charge in [-0.1, -0.05) is 36.4 Å². The molecule has 0 unspecified atom stereocenters. The van der Waals surface area contributed by atoms with Gasteiger partial charge in [-0.15, -0.1) is 12.4 Å². The SMILES string of the molecule is Cc1ccc([C@H](N)[C@H](O)C(F)(F)F)c2ccccc12.Cl. The van der Waals surface area contributed by atoms with Crippen LogP contribution in [0.15, 0.2) is 36.4 Å². The van der Waals surface area contributed by atoms with Crippen molar-refractivity contribution < 1.29 is 18.3 Å². The minimum absolute atomic E-state index is 0. The summed E-state index contributed by atoms with van der Waals surface area (Å²) in [5.74, 6) is 0. The average Bonchev–Trinajstić information content (AvgIpc) is 2.37. The van der Waals surface area contributed by atoms with Gasteiger partial charge in [-0.2, -0.15) is 13.2 Å². The lowest BCUT2D eigenvalue weighted by Gasteiger charge is -2.23. The van der Waals surface area contributed by atoms with Gasteiger partial charge in [-0.25, -0.2) is 0 Å². The number of hydrogen-bond acceptors (Lipinski definition) is 2. The Bertz CT molecular complexity index is 600. The quantitative estimate of drug-likeness (QED) is 0.892. The number of aryl methyl sites for hydroxylation is 1. The van der Waals surface area contributed by atoms with Crippen molar-refractivity contribution in [3.63, 3.8) is 0 Å². The molecule has 0 radical (unpaired) electrons. The number of hydrogen-bond donors (Lipinski definition) is 2. The smallest absolute Gasteiger partial charge is 0.382 e. The standard InChI is InChI=1S/C14H14F3NO.ClH/c1-8-6-7-11(10-5-3-2-4-9(8)10)12(18)13(19)14(15,16)17;/h2-7,12-13,19H,18H2,1H3;1H/t12-,13-;/m0./s1. The number of rotatable bonds is 2. The van der Waals surface area contributed by atoms with Gasteiger partial charge in [0, 0.05) is 0 Å². The molecule has 0 aliphatic rings. The molecule has 6 heteroatoms. The zero-order valence-corrected chi connectivity index (χ0v) is 11.5. The molecule has 110 valence electrons. The van der Waals surface area contributed by atoms with Gasteiger partial charge in [-0.05, 0) is 28.8 Å². The maximum atomic E-state index is 12.5. The van der Waals surface area contributed by atoms with Gasteiger partial charge >= 0.3 is 6.18 Å². The summed E-state index contributed by atoms with van der Waals surface area (Å²) < 4.78 is 37.6. The van der Waals surface area contributed by atoms with Crippen LogP contribution in [0.1, 0.15) is 17.2 Å². The molecule has 0 saturated heterocycles. The number of aliphatic hydroxyl groups is 1. The lowest BCUT2D eigenvalue weighted by atomic mass is 9.93. The van der Waals surface area contributed by atoms with Gasteiger partial charge in [0.2, 0.25) is 0 Å². The van der Waals surface area contributed by atoms with Crippen molar-refractivity contribution in [1.29, 1.82) is 0 Å². The number of alkyl halides is 3. The fourth-order valence-corrected chi connectivity index (χ4v) is 2.14. The van der Waals surface area contributed by atoms with E-state index in [1.165, 1.54) is 6.07 Å². The van der Waals surface area contributed by atoms with E-state index in [-0.39, 0.29) is 12.4 Å². The van der Waals surface area contributed by atoms with Crippen LogP contribution >= 0.6 is 12.4 Å². The lowest BCUT2D eigenvalue weighted by molar-refractivity contribution is -0.210. The number of aliphatic hydroxyl groups excluding tert-OH is 1. The van der Waals surface area contributed by atoms with E-state index in [9.17, 15) is 18.3 Å². The second-order valence-electron chi connectivity index (χ2n) is 4.53. The molecule has 2 aromatic rings. The van der Waals surface area contributed by atoms with Crippen LogP contribution in [0.25, 0.3) is 10.8 Å².